The summed E-state index contributed by atoms with van der Waals surface area (Å²) in [7, 11) is 0. The zero-order valence-corrected chi connectivity index (χ0v) is 12.2. The summed E-state index contributed by atoms with van der Waals surface area (Å²) in [5, 5.41) is 12.8. The summed E-state index contributed by atoms with van der Waals surface area (Å²) in [6.07, 6.45) is -0.0244. The van der Waals surface area contributed by atoms with Crippen molar-refractivity contribution in [3.8, 4) is 0 Å². The number of anilines is 1. The zero-order chi connectivity index (χ0) is 14.8. The fourth-order valence-corrected chi connectivity index (χ4v) is 2.26. The lowest BCUT2D eigenvalue weighted by Gasteiger charge is -2.32. The number of rotatable bonds is 2. The number of para-hydroxylation sites is 1. The lowest BCUT2D eigenvalue weighted by molar-refractivity contribution is -0.123. The summed E-state index contributed by atoms with van der Waals surface area (Å²) in [4.78, 5) is 13.7. The zero-order valence-electron chi connectivity index (χ0n) is 12.2. The van der Waals surface area contributed by atoms with Gasteiger partial charge in [0, 0.05) is 5.69 Å². The summed E-state index contributed by atoms with van der Waals surface area (Å²) < 4.78 is 5.85. The van der Waals surface area contributed by atoms with Crippen molar-refractivity contribution in [2.24, 2.45) is 0 Å². The Morgan fingerprint density at radius 3 is 2.55 bits per heavy atom. The normalized spacial score (nSPS) is 22.9. The fraction of sp³-hybridized carbons (Fsp3) is 0.533. The molecule has 2 atom stereocenters. The Morgan fingerprint density at radius 2 is 1.95 bits per heavy atom. The van der Waals surface area contributed by atoms with E-state index in [4.69, 9.17) is 4.74 Å². The molecule has 1 heterocycles. The van der Waals surface area contributed by atoms with E-state index in [0.29, 0.717) is 18.5 Å². The Labute approximate surface area is 119 Å². The van der Waals surface area contributed by atoms with Gasteiger partial charge in [-0.1, -0.05) is 18.2 Å². The molecule has 5 heteroatoms. The van der Waals surface area contributed by atoms with Gasteiger partial charge in [0.1, 0.15) is 12.5 Å². The monoisotopic (exact) mass is 278 g/mol. The van der Waals surface area contributed by atoms with Crippen LogP contribution in [0.4, 0.5) is 10.5 Å². The van der Waals surface area contributed by atoms with Crippen molar-refractivity contribution >= 4 is 11.7 Å². The number of benzene rings is 1. The molecule has 2 amide bonds. The second kappa shape index (κ2) is 5.81. The molecule has 0 aromatic heterocycles. The Bertz CT molecular complexity index is 456. The van der Waals surface area contributed by atoms with Gasteiger partial charge >= 0.3 is 6.03 Å². The number of aliphatic hydroxyl groups excluding tert-OH is 1. The number of hydrogen-bond donors (Lipinski definition) is 2. The molecule has 5 nitrogen and oxygen atoms in total. The number of carbonyl (C=O) groups is 1. The SMILES string of the molecule is CC(C)(C)OC1CCC(O)N1C(=O)Nc1ccccc1. The van der Waals surface area contributed by atoms with E-state index in [0.717, 1.165) is 0 Å². The topological polar surface area (TPSA) is 61.8 Å². The second-order valence-corrected chi connectivity index (χ2v) is 5.95. The molecule has 0 radical (unpaired) electrons. The lowest BCUT2D eigenvalue weighted by Crippen LogP contribution is -2.47. The Balaban J connectivity index is 2.06. The van der Waals surface area contributed by atoms with Gasteiger partial charge in [0.2, 0.25) is 0 Å². The molecule has 1 saturated heterocycles. The summed E-state index contributed by atoms with van der Waals surface area (Å²) in [5.74, 6) is 0. The molecule has 1 aromatic rings. The molecule has 0 saturated carbocycles. The van der Waals surface area contributed by atoms with Crippen LogP contribution >= 0.6 is 0 Å². The van der Waals surface area contributed by atoms with E-state index in [1.54, 1.807) is 12.1 Å². The minimum Gasteiger partial charge on any atom is -0.373 e. The van der Waals surface area contributed by atoms with Gasteiger partial charge in [0.05, 0.1) is 5.60 Å². The van der Waals surface area contributed by atoms with E-state index in [1.165, 1.54) is 4.90 Å². The predicted octanol–water partition coefficient (Wildman–Crippen LogP) is 2.77. The number of ether oxygens (including phenoxy) is 1. The van der Waals surface area contributed by atoms with Crippen LogP contribution in [-0.2, 0) is 4.74 Å². The Kier molecular flexibility index (Phi) is 4.30. The molecule has 1 aromatic carbocycles. The highest BCUT2D eigenvalue weighted by atomic mass is 16.5. The highest BCUT2D eigenvalue weighted by Gasteiger charge is 2.38. The van der Waals surface area contributed by atoms with Crippen molar-refractivity contribution in [1.82, 2.24) is 4.90 Å². The quantitative estimate of drug-likeness (QED) is 0.874. The van der Waals surface area contributed by atoms with Gasteiger partial charge in [-0.25, -0.2) is 4.79 Å². The Morgan fingerprint density at radius 1 is 1.30 bits per heavy atom. The minimum atomic E-state index is -0.800. The van der Waals surface area contributed by atoms with Crippen molar-refractivity contribution in [1.29, 1.82) is 0 Å². The predicted molar refractivity (Wildman–Crippen MR) is 77.2 cm³/mol. The minimum absolute atomic E-state index is 0.338. The number of carbonyl (C=O) groups excluding carboxylic acids is 1. The van der Waals surface area contributed by atoms with Crippen molar-refractivity contribution in [2.45, 2.75) is 51.7 Å². The number of urea groups is 1. The molecule has 0 bridgehead atoms. The molecule has 110 valence electrons. The van der Waals surface area contributed by atoms with Gasteiger partial charge in [0.15, 0.2) is 0 Å². The standard InChI is InChI=1S/C15H22N2O3/c1-15(2,3)20-13-10-9-12(18)17(13)14(19)16-11-7-5-4-6-8-11/h4-8,12-13,18H,9-10H2,1-3H3,(H,16,19). The average molecular weight is 278 g/mol. The van der Waals surface area contributed by atoms with E-state index < -0.39 is 12.5 Å². The van der Waals surface area contributed by atoms with E-state index in [1.807, 2.05) is 39.0 Å². The number of hydrogen-bond acceptors (Lipinski definition) is 3. The number of likely N-dealkylation sites (tertiary alicyclic amines) is 1. The van der Waals surface area contributed by atoms with Crippen LogP contribution in [0.15, 0.2) is 30.3 Å². The summed E-state index contributed by atoms with van der Waals surface area (Å²) >= 11 is 0. The van der Waals surface area contributed by atoms with Crippen LogP contribution in [-0.4, -0.2) is 34.1 Å². The molecule has 20 heavy (non-hydrogen) atoms. The molecule has 2 unspecified atom stereocenters. The molecule has 1 aliphatic rings. The van der Waals surface area contributed by atoms with Crippen LogP contribution in [0.2, 0.25) is 0 Å². The van der Waals surface area contributed by atoms with Gasteiger partial charge in [-0.15, -0.1) is 0 Å². The molecule has 1 aliphatic heterocycles. The summed E-state index contributed by atoms with van der Waals surface area (Å²) in [5.41, 5.74) is 0.339. The molecule has 1 fully saturated rings. The van der Waals surface area contributed by atoms with E-state index in [-0.39, 0.29) is 11.6 Å². The first-order chi connectivity index (χ1) is 9.37. The lowest BCUT2D eigenvalue weighted by atomic mass is 10.2. The number of nitrogens with one attached hydrogen (secondary N) is 1. The third kappa shape index (κ3) is 3.71. The van der Waals surface area contributed by atoms with Gasteiger partial charge in [0.25, 0.3) is 0 Å². The van der Waals surface area contributed by atoms with E-state index in [2.05, 4.69) is 5.32 Å². The van der Waals surface area contributed by atoms with Crippen molar-refractivity contribution in [3.63, 3.8) is 0 Å². The van der Waals surface area contributed by atoms with Crippen molar-refractivity contribution in [2.75, 3.05) is 5.32 Å². The summed E-state index contributed by atoms with van der Waals surface area (Å²) in [6, 6.07) is 8.85. The maximum atomic E-state index is 12.3. The van der Waals surface area contributed by atoms with Gasteiger partial charge in [-0.3, -0.25) is 4.90 Å². The highest BCUT2D eigenvalue weighted by Crippen LogP contribution is 2.27. The molecular weight excluding hydrogens is 256 g/mol. The van der Waals surface area contributed by atoms with Crippen molar-refractivity contribution < 1.29 is 14.6 Å². The maximum Gasteiger partial charge on any atom is 0.325 e. The first-order valence-corrected chi connectivity index (χ1v) is 6.87. The smallest absolute Gasteiger partial charge is 0.325 e. The van der Waals surface area contributed by atoms with Crippen LogP contribution in [0.1, 0.15) is 33.6 Å². The average Bonchev–Trinajstić information content (AvgIpc) is 2.69. The molecular formula is C15H22N2O3. The largest absolute Gasteiger partial charge is 0.373 e. The third-order valence-electron chi connectivity index (χ3n) is 3.05. The second-order valence-electron chi connectivity index (χ2n) is 5.95. The molecule has 2 N–H and O–H groups in total. The van der Waals surface area contributed by atoms with Crippen LogP contribution < -0.4 is 5.32 Å². The van der Waals surface area contributed by atoms with Crippen LogP contribution in [0.25, 0.3) is 0 Å². The van der Waals surface area contributed by atoms with E-state index >= 15 is 0 Å². The summed E-state index contributed by atoms with van der Waals surface area (Å²) in [6.45, 7) is 5.81. The first kappa shape index (κ1) is 14.8. The number of nitrogens with zero attached hydrogens (tertiary/aromatic N) is 1. The number of aliphatic hydroxyl groups is 1. The fourth-order valence-electron chi connectivity index (χ4n) is 2.26. The van der Waals surface area contributed by atoms with Gasteiger partial charge in [-0.05, 0) is 45.7 Å². The molecule has 0 aliphatic carbocycles. The molecule has 2 rings (SSSR count). The first-order valence-electron chi connectivity index (χ1n) is 6.87. The number of amides is 2. The maximum absolute atomic E-state index is 12.3. The highest BCUT2D eigenvalue weighted by molar-refractivity contribution is 5.89. The van der Waals surface area contributed by atoms with Crippen LogP contribution in [0.3, 0.4) is 0 Å². The van der Waals surface area contributed by atoms with Crippen molar-refractivity contribution in [3.05, 3.63) is 30.3 Å². The molecule has 0 spiro atoms. The van der Waals surface area contributed by atoms with E-state index in [9.17, 15) is 9.90 Å². The Hall–Kier alpha value is -1.59. The van der Waals surface area contributed by atoms with Crippen LogP contribution in [0, 0.1) is 0 Å². The van der Waals surface area contributed by atoms with Crippen LogP contribution in [0.5, 0.6) is 0 Å². The third-order valence-corrected chi connectivity index (χ3v) is 3.05. The van der Waals surface area contributed by atoms with Gasteiger partial charge < -0.3 is 15.2 Å². The van der Waals surface area contributed by atoms with Gasteiger partial charge in [-0.2, -0.15) is 0 Å².